The Bertz CT molecular complexity index is 492. The minimum Gasteiger partial charge on any atom is -0.330 e. The Morgan fingerprint density at radius 1 is 1.16 bits per heavy atom. The van der Waals surface area contributed by atoms with Crippen molar-refractivity contribution in [3.63, 3.8) is 0 Å². The van der Waals surface area contributed by atoms with E-state index in [0.29, 0.717) is 12.5 Å². The molecule has 0 saturated heterocycles. The SMILES string of the molecule is Cc1cccc(CC(CN)Cc2cncc(Br)c2)c1. The molecule has 2 rings (SSSR count). The van der Waals surface area contributed by atoms with E-state index in [-0.39, 0.29) is 0 Å². The van der Waals surface area contributed by atoms with Crippen LogP contribution in [0.25, 0.3) is 0 Å². The highest BCUT2D eigenvalue weighted by Crippen LogP contribution is 2.17. The molecule has 0 aliphatic heterocycles. The molecule has 2 N–H and O–H groups in total. The Hall–Kier alpha value is -1.19. The molecule has 0 bridgehead atoms. The topological polar surface area (TPSA) is 38.9 Å². The molecule has 1 heterocycles. The fraction of sp³-hybridized carbons (Fsp3) is 0.312. The lowest BCUT2D eigenvalue weighted by Crippen LogP contribution is -2.19. The molecule has 0 aliphatic rings. The van der Waals surface area contributed by atoms with Crippen molar-refractivity contribution in [2.45, 2.75) is 19.8 Å². The molecule has 19 heavy (non-hydrogen) atoms. The summed E-state index contributed by atoms with van der Waals surface area (Å²) < 4.78 is 1.02. The molecule has 2 nitrogen and oxygen atoms in total. The smallest absolute Gasteiger partial charge is 0.0410 e. The third-order valence-electron chi connectivity index (χ3n) is 3.23. The molecule has 2 aromatic rings. The van der Waals surface area contributed by atoms with Crippen LogP contribution in [0.4, 0.5) is 0 Å². The molecule has 0 aliphatic carbocycles. The van der Waals surface area contributed by atoms with Crippen LogP contribution in [0, 0.1) is 12.8 Å². The van der Waals surface area contributed by atoms with E-state index in [0.717, 1.165) is 17.3 Å². The number of pyridine rings is 1. The van der Waals surface area contributed by atoms with Crippen molar-refractivity contribution < 1.29 is 0 Å². The quantitative estimate of drug-likeness (QED) is 0.916. The van der Waals surface area contributed by atoms with Gasteiger partial charge in [0.25, 0.3) is 0 Å². The van der Waals surface area contributed by atoms with Gasteiger partial charge in [0, 0.05) is 16.9 Å². The molecular weight excluding hydrogens is 300 g/mol. The number of hydrogen-bond acceptors (Lipinski definition) is 2. The lowest BCUT2D eigenvalue weighted by Gasteiger charge is -2.15. The molecule has 0 saturated carbocycles. The van der Waals surface area contributed by atoms with Gasteiger partial charge < -0.3 is 5.73 Å². The molecule has 1 atom stereocenters. The molecule has 3 heteroatoms. The molecule has 1 unspecified atom stereocenters. The second kappa shape index (κ2) is 6.83. The Balaban J connectivity index is 2.04. The average Bonchev–Trinajstić information content (AvgIpc) is 2.38. The number of halogens is 1. The van der Waals surface area contributed by atoms with E-state index in [4.69, 9.17) is 5.73 Å². The zero-order valence-corrected chi connectivity index (χ0v) is 12.7. The van der Waals surface area contributed by atoms with Crippen molar-refractivity contribution >= 4 is 15.9 Å². The van der Waals surface area contributed by atoms with Crippen LogP contribution in [-0.2, 0) is 12.8 Å². The average molecular weight is 319 g/mol. The van der Waals surface area contributed by atoms with Gasteiger partial charge in [-0.05, 0) is 65.4 Å². The monoisotopic (exact) mass is 318 g/mol. The maximum absolute atomic E-state index is 5.91. The summed E-state index contributed by atoms with van der Waals surface area (Å²) in [6.45, 7) is 2.82. The summed E-state index contributed by atoms with van der Waals surface area (Å²) in [6, 6.07) is 10.8. The zero-order chi connectivity index (χ0) is 13.7. The Kier molecular flexibility index (Phi) is 5.11. The van der Waals surface area contributed by atoms with E-state index in [9.17, 15) is 0 Å². The van der Waals surface area contributed by atoms with Crippen molar-refractivity contribution in [2.75, 3.05) is 6.54 Å². The first-order valence-corrected chi connectivity index (χ1v) is 7.31. The maximum atomic E-state index is 5.91. The number of nitrogens with two attached hydrogens (primary N) is 1. The van der Waals surface area contributed by atoms with E-state index in [1.807, 2.05) is 12.4 Å². The molecular formula is C16H19BrN2. The fourth-order valence-electron chi connectivity index (χ4n) is 2.31. The molecule has 1 aromatic carbocycles. The lowest BCUT2D eigenvalue weighted by molar-refractivity contribution is 0.532. The standard InChI is InChI=1S/C16H19BrN2/c1-12-3-2-4-13(5-12)6-14(9-18)7-15-8-16(17)11-19-10-15/h2-5,8,10-11,14H,6-7,9,18H2,1H3. The van der Waals surface area contributed by atoms with Gasteiger partial charge in [0.1, 0.15) is 0 Å². The van der Waals surface area contributed by atoms with E-state index < -0.39 is 0 Å². The first-order chi connectivity index (χ1) is 9.17. The number of aryl methyl sites for hydroxylation is 1. The minimum absolute atomic E-state index is 0.456. The molecule has 0 fully saturated rings. The Morgan fingerprint density at radius 3 is 2.63 bits per heavy atom. The van der Waals surface area contributed by atoms with Crippen molar-refractivity contribution in [2.24, 2.45) is 11.7 Å². The Labute approximate surface area is 123 Å². The molecule has 1 aromatic heterocycles. The number of benzene rings is 1. The van der Waals surface area contributed by atoms with E-state index in [1.54, 1.807) is 0 Å². The van der Waals surface area contributed by atoms with Crippen molar-refractivity contribution in [1.82, 2.24) is 4.98 Å². The molecule has 100 valence electrons. The highest BCUT2D eigenvalue weighted by atomic mass is 79.9. The predicted molar refractivity (Wildman–Crippen MR) is 83.1 cm³/mol. The van der Waals surface area contributed by atoms with E-state index >= 15 is 0 Å². The molecule has 0 spiro atoms. The van der Waals surface area contributed by atoms with Gasteiger partial charge in [0.05, 0.1) is 0 Å². The van der Waals surface area contributed by atoms with Gasteiger partial charge in [-0.15, -0.1) is 0 Å². The third-order valence-corrected chi connectivity index (χ3v) is 3.66. The normalized spacial score (nSPS) is 12.4. The van der Waals surface area contributed by atoms with E-state index in [2.05, 4.69) is 58.2 Å². The fourth-order valence-corrected chi connectivity index (χ4v) is 2.72. The van der Waals surface area contributed by atoms with E-state index in [1.165, 1.54) is 16.7 Å². The second-order valence-corrected chi connectivity index (χ2v) is 5.93. The number of nitrogens with zero attached hydrogens (tertiary/aromatic N) is 1. The number of hydrogen-bond donors (Lipinski definition) is 1. The molecule has 0 amide bonds. The Morgan fingerprint density at radius 2 is 1.95 bits per heavy atom. The predicted octanol–water partition coefficient (Wildman–Crippen LogP) is 3.51. The van der Waals surface area contributed by atoms with Crippen molar-refractivity contribution in [3.05, 3.63) is 63.9 Å². The number of aromatic nitrogens is 1. The van der Waals surface area contributed by atoms with Gasteiger partial charge in [-0.2, -0.15) is 0 Å². The van der Waals surface area contributed by atoms with Crippen LogP contribution in [-0.4, -0.2) is 11.5 Å². The van der Waals surface area contributed by atoms with Gasteiger partial charge in [0.15, 0.2) is 0 Å². The van der Waals surface area contributed by atoms with Crippen LogP contribution in [0.3, 0.4) is 0 Å². The number of rotatable bonds is 5. The summed E-state index contributed by atoms with van der Waals surface area (Å²) in [4.78, 5) is 4.21. The van der Waals surface area contributed by atoms with Crippen LogP contribution < -0.4 is 5.73 Å². The highest BCUT2D eigenvalue weighted by molar-refractivity contribution is 9.10. The van der Waals surface area contributed by atoms with Crippen LogP contribution in [0.2, 0.25) is 0 Å². The first-order valence-electron chi connectivity index (χ1n) is 6.52. The third kappa shape index (κ3) is 4.44. The van der Waals surface area contributed by atoms with Crippen LogP contribution in [0.1, 0.15) is 16.7 Å². The summed E-state index contributed by atoms with van der Waals surface area (Å²) in [6.07, 6.45) is 5.72. The second-order valence-electron chi connectivity index (χ2n) is 5.01. The van der Waals surface area contributed by atoms with Gasteiger partial charge >= 0.3 is 0 Å². The van der Waals surface area contributed by atoms with Gasteiger partial charge in [-0.3, -0.25) is 4.98 Å². The summed E-state index contributed by atoms with van der Waals surface area (Å²) in [5.74, 6) is 0.456. The lowest BCUT2D eigenvalue weighted by atomic mass is 9.93. The zero-order valence-electron chi connectivity index (χ0n) is 11.1. The van der Waals surface area contributed by atoms with Crippen LogP contribution in [0.15, 0.2) is 47.2 Å². The summed E-state index contributed by atoms with van der Waals surface area (Å²) >= 11 is 3.46. The largest absolute Gasteiger partial charge is 0.330 e. The summed E-state index contributed by atoms with van der Waals surface area (Å²) in [7, 11) is 0. The van der Waals surface area contributed by atoms with Crippen molar-refractivity contribution in [3.8, 4) is 0 Å². The maximum Gasteiger partial charge on any atom is 0.0410 e. The van der Waals surface area contributed by atoms with Gasteiger partial charge in [-0.1, -0.05) is 29.8 Å². The van der Waals surface area contributed by atoms with Gasteiger partial charge in [0.2, 0.25) is 0 Å². The highest BCUT2D eigenvalue weighted by Gasteiger charge is 2.10. The van der Waals surface area contributed by atoms with Crippen LogP contribution in [0.5, 0.6) is 0 Å². The first kappa shape index (κ1) is 14.2. The summed E-state index contributed by atoms with van der Waals surface area (Å²) in [5, 5.41) is 0. The van der Waals surface area contributed by atoms with Crippen molar-refractivity contribution in [1.29, 1.82) is 0 Å². The minimum atomic E-state index is 0.456. The molecule has 0 radical (unpaired) electrons. The summed E-state index contributed by atoms with van der Waals surface area (Å²) in [5.41, 5.74) is 9.81. The van der Waals surface area contributed by atoms with Crippen LogP contribution >= 0.6 is 15.9 Å². The van der Waals surface area contributed by atoms with Gasteiger partial charge in [-0.25, -0.2) is 0 Å².